The highest BCUT2D eigenvalue weighted by Gasteiger charge is 2.50. The van der Waals surface area contributed by atoms with Gasteiger partial charge < -0.3 is 24.6 Å². The second-order valence-corrected chi connectivity index (χ2v) is 9.76. The first-order valence-electron chi connectivity index (χ1n) is 11.2. The molecule has 0 aliphatic carbocycles. The number of carbonyl (C=O) groups is 3. The Kier molecular flexibility index (Phi) is 10.7. The van der Waals surface area contributed by atoms with E-state index in [1.165, 1.54) is 6.92 Å². The number of amides is 1. The van der Waals surface area contributed by atoms with E-state index in [-0.39, 0.29) is 38.9 Å². The molecule has 0 spiro atoms. The number of hydrogen-bond acceptors (Lipinski definition) is 6. The lowest BCUT2D eigenvalue weighted by molar-refractivity contribution is -0.168. The number of benzene rings is 1. The first-order valence-corrected chi connectivity index (χ1v) is 12.8. The fourth-order valence-electron chi connectivity index (χ4n) is 4.20. The maximum atomic E-state index is 12.8. The van der Waals surface area contributed by atoms with Crippen LogP contribution in [0.2, 0.25) is 0 Å². The van der Waals surface area contributed by atoms with Gasteiger partial charge in [0, 0.05) is 6.92 Å². The van der Waals surface area contributed by atoms with Gasteiger partial charge in [0.15, 0.2) is 0 Å². The zero-order chi connectivity index (χ0) is 25.3. The topological polar surface area (TPSA) is 139 Å². The molecule has 0 fully saturated rings. The molecule has 0 aliphatic rings. The van der Waals surface area contributed by atoms with E-state index in [0.29, 0.717) is 17.5 Å². The van der Waals surface area contributed by atoms with Crippen molar-refractivity contribution in [3.8, 4) is 0 Å². The number of carbonyl (C=O) groups excluding carboxylic acids is 3. The molecule has 1 aromatic rings. The van der Waals surface area contributed by atoms with Gasteiger partial charge >= 0.3 is 19.5 Å². The monoisotopic (exact) mass is 485 g/mol. The Morgan fingerprint density at radius 2 is 1.48 bits per heavy atom. The first-order chi connectivity index (χ1) is 15.5. The van der Waals surface area contributed by atoms with Gasteiger partial charge in [0.25, 0.3) is 0 Å². The molecule has 186 valence electrons. The molecule has 0 bridgehead atoms. The SMILES string of the molecule is CCOC(=O)C(CCCc1ccccc1C(CC)(CC)P(=O)(O)O)(NC(C)=O)C(=O)OCC. The van der Waals surface area contributed by atoms with Crippen LogP contribution >= 0.6 is 7.60 Å². The summed E-state index contributed by atoms with van der Waals surface area (Å²) in [7, 11) is -4.49. The van der Waals surface area contributed by atoms with E-state index in [2.05, 4.69) is 5.32 Å². The molecule has 9 nitrogen and oxygen atoms in total. The number of aryl methyl sites for hydroxylation is 1. The van der Waals surface area contributed by atoms with E-state index in [9.17, 15) is 28.7 Å². The van der Waals surface area contributed by atoms with Gasteiger partial charge in [-0.25, -0.2) is 9.59 Å². The van der Waals surface area contributed by atoms with Crippen LogP contribution in [0.5, 0.6) is 0 Å². The molecule has 3 N–H and O–H groups in total. The van der Waals surface area contributed by atoms with Crippen LogP contribution in [-0.2, 0) is 40.0 Å². The Balaban J connectivity index is 3.35. The van der Waals surface area contributed by atoms with Crippen molar-refractivity contribution < 1.29 is 38.2 Å². The largest absolute Gasteiger partial charge is 0.464 e. The second kappa shape index (κ2) is 12.3. The smallest absolute Gasteiger partial charge is 0.343 e. The molecule has 0 radical (unpaired) electrons. The molecule has 33 heavy (non-hydrogen) atoms. The summed E-state index contributed by atoms with van der Waals surface area (Å²) in [5.41, 5.74) is -0.752. The maximum absolute atomic E-state index is 12.8. The van der Waals surface area contributed by atoms with Crippen molar-refractivity contribution in [2.24, 2.45) is 0 Å². The third-order valence-corrected chi connectivity index (χ3v) is 7.87. The fourth-order valence-corrected chi connectivity index (χ4v) is 5.55. The third kappa shape index (κ3) is 6.43. The number of ether oxygens (including phenoxy) is 2. The normalized spacial score (nSPS) is 12.2. The van der Waals surface area contributed by atoms with Crippen LogP contribution < -0.4 is 5.32 Å². The molecule has 1 amide bonds. The fraction of sp³-hybridized carbons (Fsp3) is 0.609. The maximum Gasteiger partial charge on any atom is 0.343 e. The highest BCUT2D eigenvalue weighted by Crippen LogP contribution is 2.61. The quantitative estimate of drug-likeness (QED) is 0.220. The minimum atomic E-state index is -4.49. The molecular weight excluding hydrogens is 449 g/mol. The molecular formula is C23H36NO8P. The number of rotatable bonds is 13. The molecule has 1 aromatic carbocycles. The van der Waals surface area contributed by atoms with Gasteiger partial charge in [-0.05, 0) is 57.1 Å². The second-order valence-electron chi connectivity index (χ2n) is 7.82. The molecule has 0 aromatic heterocycles. The van der Waals surface area contributed by atoms with E-state index < -0.39 is 36.1 Å². The predicted molar refractivity (Wildman–Crippen MR) is 123 cm³/mol. The summed E-state index contributed by atoms with van der Waals surface area (Å²) >= 11 is 0. The zero-order valence-electron chi connectivity index (χ0n) is 20.1. The standard InChI is InChI=1S/C23H36NO8P/c1-6-22(7-2,33(28,29)30)19-15-11-10-13-18(19)14-12-16-23(24-17(5)25,20(26)31-8-3)21(27)32-9-4/h10-11,13,15H,6-9,12,14,16H2,1-5H3,(H,24,25)(H2,28,29,30). The van der Waals surface area contributed by atoms with Crippen molar-refractivity contribution in [2.75, 3.05) is 13.2 Å². The lowest BCUT2D eigenvalue weighted by Crippen LogP contribution is -2.61. The Bertz CT molecular complexity index is 857. The molecule has 1 rings (SSSR count). The highest BCUT2D eigenvalue weighted by atomic mass is 31.2. The van der Waals surface area contributed by atoms with Gasteiger partial charge in [-0.3, -0.25) is 9.36 Å². The van der Waals surface area contributed by atoms with Gasteiger partial charge in [0.1, 0.15) is 0 Å². The van der Waals surface area contributed by atoms with Crippen molar-refractivity contribution in [1.29, 1.82) is 0 Å². The molecule has 0 saturated carbocycles. The summed E-state index contributed by atoms with van der Waals surface area (Å²) in [4.78, 5) is 57.7. The van der Waals surface area contributed by atoms with Crippen LogP contribution in [-0.4, -0.2) is 46.4 Å². The zero-order valence-corrected chi connectivity index (χ0v) is 20.9. The van der Waals surface area contributed by atoms with Gasteiger partial charge in [-0.15, -0.1) is 0 Å². The summed E-state index contributed by atoms with van der Waals surface area (Å²) in [6.07, 6.45) is 0.954. The molecule has 0 atom stereocenters. The Hall–Kier alpha value is -2.22. The summed E-state index contributed by atoms with van der Waals surface area (Å²) < 4.78 is 22.6. The van der Waals surface area contributed by atoms with E-state index in [1.54, 1.807) is 52.0 Å². The van der Waals surface area contributed by atoms with Crippen LogP contribution in [0.15, 0.2) is 24.3 Å². The van der Waals surface area contributed by atoms with Gasteiger partial charge in [0.2, 0.25) is 11.4 Å². The lowest BCUT2D eigenvalue weighted by atomic mass is 9.85. The van der Waals surface area contributed by atoms with Crippen molar-refractivity contribution in [3.05, 3.63) is 35.4 Å². The van der Waals surface area contributed by atoms with Crippen molar-refractivity contribution in [2.45, 2.75) is 77.4 Å². The van der Waals surface area contributed by atoms with Gasteiger partial charge in [0.05, 0.1) is 18.4 Å². The van der Waals surface area contributed by atoms with Crippen LogP contribution in [0, 0.1) is 0 Å². The molecule has 0 heterocycles. The molecule has 0 saturated heterocycles. The van der Waals surface area contributed by atoms with Gasteiger partial charge in [-0.2, -0.15) is 0 Å². The predicted octanol–water partition coefficient (Wildman–Crippen LogP) is 3.20. The van der Waals surface area contributed by atoms with Crippen LogP contribution in [0.25, 0.3) is 0 Å². The summed E-state index contributed by atoms with van der Waals surface area (Å²) in [5.74, 6) is -2.40. The average Bonchev–Trinajstić information content (AvgIpc) is 2.74. The van der Waals surface area contributed by atoms with E-state index in [4.69, 9.17) is 9.47 Å². The van der Waals surface area contributed by atoms with Crippen molar-refractivity contribution >= 4 is 25.4 Å². The molecule has 0 aliphatic heterocycles. The summed E-state index contributed by atoms with van der Waals surface area (Å²) in [6.45, 7) is 7.88. The summed E-state index contributed by atoms with van der Waals surface area (Å²) in [5, 5.41) is 1.10. The van der Waals surface area contributed by atoms with E-state index >= 15 is 0 Å². The van der Waals surface area contributed by atoms with Crippen LogP contribution in [0.1, 0.15) is 71.4 Å². The lowest BCUT2D eigenvalue weighted by Gasteiger charge is -2.35. The minimum Gasteiger partial charge on any atom is -0.464 e. The first kappa shape index (κ1) is 28.8. The van der Waals surface area contributed by atoms with E-state index in [0.717, 1.165) is 0 Å². The van der Waals surface area contributed by atoms with Crippen LogP contribution in [0.3, 0.4) is 0 Å². The Labute approximate surface area is 195 Å². The highest BCUT2D eigenvalue weighted by molar-refractivity contribution is 7.53. The van der Waals surface area contributed by atoms with Crippen LogP contribution in [0.4, 0.5) is 0 Å². The number of esters is 2. The minimum absolute atomic E-state index is 0.0141. The summed E-state index contributed by atoms with van der Waals surface area (Å²) in [6, 6.07) is 6.98. The number of hydrogen-bond donors (Lipinski definition) is 3. The van der Waals surface area contributed by atoms with Crippen molar-refractivity contribution in [1.82, 2.24) is 5.32 Å². The van der Waals surface area contributed by atoms with E-state index in [1.807, 2.05) is 0 Å². The number of nitrogens with one attached hydrogen (secondary N) is 1. The molecule has 10 heteroatoms. The third-order valence-electron chi connectivity index (χ3n) is 5.88. The van der Waals surface area contributed by atoms with Crippen molar-refractivity contribution in [3.63, 3.8) is 0 Å². The Morgan fingerprint density at radius 3 is 1.91 bits per heavy atom. The average molecular weight is 486 g/mol. The Morgan fingerprint density at radius 1 is 0.970 bits per heavy atom. The van der Waals surface area contributed by atoms with Gasteiger partial charge in [-0.1, -0.05) is 38.1 Å². The molecule has 0 unspecified atom stereocenters.